The van der Waals surface area contributed by atoms with E-state index < -0.39 is 9.84 Å². The van der Waals surface area contributed by atoms with Crippen LogP contribution in [-0.4, -0.2) is 43.9 Å². The summed E-state index contributed by atoms with van der Waals surface area (Å²) in [5, 5.41) is 0. The highest BCUT2D eigenvalue weighted by Gasteiger charge is 2.34. The summed E-state index contributed by atoms with van der Waals surface area (Å²) in [6.07, 6.45) is 0.967. The third kappa shape index (κ3) is 4.96. The average Bonchev–Trinajstić information content (AvgIpc) is 2.84. The van der Waals surface area contributed by atoms with E-state index in [9.17, 15) is 13.2 Å². The number of hydrogen-bond acceptors (Lipinski definition) is 4. The highest BCUT2D eigenvalue weighted by molar-refractivity contribution is 7.91. The van der Waals surface area contributed by atoms with Gasteiger partial charge in [0.25, 0.3) is 0 Å². The van der Waals surface area contributed by atoms with Crippen molar-refractivity contribution >= 4 is 15.7 Å². The summed E-state index contributed by atoms with van der Waals surface area (Å²) in [7, 11) is -1.41. The van der Waals surface area contributed by atoms with E-state index in [-0.39, 0.29) is 29.4 Å². The van der Waals surface area contributed by atoms with Gasteiger partial charge in [-0.3, -0.25) is 4.79 Å². The molecule has 1 unspecified atom stereocenters. The molecule has 1 amide bonds. The lowest BCUT2D eigenvalue weighted by atomic mass is 10.1. The molecular formula is C17H25NO4S. The van der Waals surface area contributed by atoms with Crippen LogP contribution >= 0.6 is 0 Å². The summed E-state index contributed by atoms with van der Waals surface area (Å²) >= 11 is 0. The average molecular weight is 339 g/mol. The number of carbonyl (C=O) groups excluding carboxylic acids is 1. The molecule has 23 heavy (non-hydrogen) atoms. The maximum atomic E-state index is 12.6. The van der Waals surface area contributed by atoms with Crippen LogP contribution in [0.1, 0.15) is 32.3 Å². The molecule has 2 rings (SSSR count). The van der Waals surface area contributed by atoms with Crippen molar-refractivity contribution in [2.75, 3.05) is 18.6 Å². The number of amides is 1. The van der Waals surface area contributed by atoms with Crippen molar-refractivity contribution in [3.8, 4) is 5.75 Å². The fourth-order valence-electron chi connectivity index (χ4n) is 2.84. The van der Waals surface area contributed by atoms with Gasteiger partial charge in [0.15, 0.2) is 9.84 Å². The van der Waals surface area contributed by atoms with Crippen molar-refractivity contribution in [1.82, 2.24) is 4.90 Å². The second-order valence-corrected chi connectivity index (χ2v) is 8.75. The van der Waals surface area contributed by atoms with Crippen LogP contribution in [0.2, 0.25) is 0 Å². The fraction of sp³-hybridized carbons (Fsp3) is 0.588. The minimum atomic E-state index is -3.02. The van der Waals surface area contributed by atoms with E-state index >= 15 is 0 Å². The number of benzene rings is 1. The predicted octanol–water partition coefficient (Wildman–Crippen LogP) is 2.26. The van der Waals surface area contributed by atoms with Crippen molar-refractivity contribution < 1.29 is 17.9 Å². The quantitative estimate of drug-likeness (QED) is 0.797. The van der Waals surface area contributed by atoms with E-state index in [4.69, 9.17) is 4.74 Å². The van der Waals surface area contributed by atoms with E-state index in [1.54, 1.807) is 12.0 Å². The van der Waals surface area contributed by atoms with Gasteiger partial charge in [0.2, 0.25) is 5.91 Å². The Morgan fingerprint density at radius 2 is 1.96 bits per heavy atom. The Morgan fingerprint density at radius 3 is 2.43 bits per heavy atom. The first-order valence-corrected chi connectivity index (χ1v) is 9.75. The molecule has 0 bridgehead atoms. The van der Waals surface area contributed by atoms with E-state index in [1.165, 1.54) is 0 Å². The highest BCUT2D eigenvalue weighted by atomic mass is 32.2. The monoisotopic (exact) mass is 339 g/mol. The van der Waals surface area contributed by atoms with Gasteiger partial charge in [-0.15, -0.1) is 0 Å². The molecule has 0 radical (unpaired) electrons. The summed E-state index contributed by atoms with van der Waals surface area (Å²) in [5.74, 6) is 1.28. The first kappa shape index (κ1) is 17.8. The summed E-state index contributed by atoms with van der Waals surface area (Å²) in [6, 6.07) is 7.32. The van der Waals surface area contributed by atoms with Gasteiger partial charge < -0.3 is 9.64 Å². The summed E-state index contributed by atoms with van der Waals surface area (Å²) in [4.78, 5) is 14.3. The molecule has 128 valence electrons. The van der Waals surface area contributed by atoms with Crippen LogP contribution in [0, 0.1) is 5.92 Å². The number of methoxy groups -OCH3 is 1. The van der Waals surface area contributed by atoms with Crippen molar-refractivity contribution in [2.24, 2.45) is 5.92 Å². The van der Waals surface area contributed by atoms with Gasteiger partial charge in [0, 0.05) is 19.0 Å². The minimum absolute atomic E-state index is 0.0259. The maximum absolute atomic E-state index is 12.6. The Morgan fingerprint density at radius 1 is 1.30 bits per heavy atom. The smallest absolute Gasteiger partial charge is 0.223 e. The van der Waals surface area contributed by atoms with E-state index in [0.29, 0.717) is 19.4 Å². The molecule has 1 atom stereocenters. The molecule has 1 aliphatic rings. The zero-order valence-corrected chi connectivity index (χ0v) is 14.8. The van der Waals surface area contributed by atoms with Crippen LogP contribution in [0.5, 0.6) is 5.75 Å². The molecule has 1 heterocycles. The number of sulfone groups is 1. The van der Waals surface area contributed by atoms with E-state index in [0.717, 1.165) is 11.3 Å². The first-order chi connectivity index (χ1) is 10.8. The highest BCUT2D eigenvalue weighted by Crippen LogP contribution is 2.23. The lowest BCUT2D eigenvalue weighted by Gasteiger charge is -2.29. The van der Waals surface area contributed by atoms with E-state index in [1.807, 2.05) is 38.1 Å². The number of rotatable bonds is 6. The van der Waals surface area contributed by atoms with Gasteiger partial charge in [-0.05, 0) is 30.0 Å². The number of carbonyl (C=O) groups is 1. The molecule has 0 saturated carbocycles. The van der Waals surface area contributed by atoms with Crippen LogP contribution < -0.4 is 4.74 Å². The third-order valence-corrected chi connectivity index (χ3v) is 5.81. The first-order valence-electron chi connectivity index (χ1n) is 7.93. The van der Waals surface area contributed by atoms with Gasteiger partial charge in [-0.1, -0.05) is 26.0 Å². The number of nitrogens with zero attached hydrogens (tertiary/aromatic N) is 1. The van der Waals surface area contributed by atoms with E-state index in [2.05, 4.69) is 0 Å². The second kappa shape index (κ2) is 7.34. The molecule has 6 heteroatoms. The van der Waals surface area contributed by atoms with Gasteiger partial charge >= 0.3 is 0 Å². The zero-order valence-electron chi connectivity index (χ0n) is 14.0. The van der Waals surface area contributed by atoms with Gasteiger partial charge in [-0.2, -0.15) is 0 Å². The Hall–Kier alpha value is -1.56. The van der Waals surface area contributed by atoms with Gasteiger partial charge in [-0.25, -0.2) is 8.42 Å². The lowest BCUT2D eigenvalue weighted by molar-refractivity contribution is -0.134. The molecule has 1 saturated heterocycles. The van der Waals surface area contributed by atoms with Crippen LogP contribution in [0.3, 0.4) is 0 Å². The van der Waals surface area contributed by atoms with Gasteiger partial charge in [0.05, 0.1) is 18.6 Å². The summed E-state index contributed by atoms with van der Waals surface area (Å²) in [5.41, 5.74) is 0.979. The molecule has 1 aromatic rings. The second-order valence-electron chi connectivity index (χ2n) is 6.52. The maximum Gasteiger partial charge on any atom is 0.223 e. The minimum Gasteiger partial charge on any atom is -0.497 e. The standard InChI is InChI=1S/C17H25NO4S/c1-13(2)10-17(19)18(15-8-9-23(20,21)12-15)11-14-4-6-16(22-3)7-5-14/h4-7,13,15H,8-12H2,1-3H3. The number of hydrogen-bond donors (Lipinski definition) is 0. The zero-order chi connectivity index (χ0) is 17.0. The molecular weight excluding hydrogens is 314 g/mol. The Labute approximate surface area is 138 Å². The Bertz CT molecular complexity index is 637. The Kier molecular flexibility index (Phi) is 5.68. The number of ether oxygens (including phenoxy) is 1. The predicted molar refractivity (Wildman–Crippen MR) is 90.1 cm³/mol. The topological polar surface area (TPSA) is 63.7 Å². The van der Waals surface area contributed by atoms with Crippen molar-refractivity contribution in [2.45, 2.75) is 39.3 Å². The SMILES string of the molecule is COc1ccc(CN(C(=O)CC(C)C)C2CCS(=O)(=O)C2)cc1. The summed E-state index contributed by atoms with van der Waals surface area (Å²) in [6.45, 7) is 4.43. The molecule has 0 N–H and O–H groups in total. The molecule has 0 aromatic heterocycles. The fourth-order valence-corrected chi connectivity index (χ4v) is 4.57. The van der Waals surface area contributed by atoms with Crippen molar-refractivity contribution in [3.63, 3.8) is 0 Å². The Balaban J connectivity index is 2.17. The molecule has 0 spiro atoms. The molecule has 0 aliphatic carbocycles. The lowest BCUT2D eigenvalue weighted by Crippen LogP contribution is -2.41. The van der Waals surface area contributed by atoms with Gasteiger partial charge in [0.1, 0.15) is 5.75 Å². The molecule has 5 nitrogen and oxygen atoms in total. The largest absolute Gasteiger partial charge is 0.497 e. The molecule has 1 aromatic carbocycles. The van der Waals surface area contributed by atoms with Crippen LogP contribution in [0.25, 0.3) is 0 Å². The van der Waals surface area contributed by atoms with Crippen LogP contribution in [0.4, 0.5) is 0 Å². The molecule has 1 aliphatic heterocycles. The van der Waals surface area contributed by atoms with Crippen molar-refractivity contribution in [1.29, 1.82) is 0 Å². The molecule has 1 fully saturated rings. The van der Waals surface area contributed by atoms with Crippen molar-refractivity contribution in [3.05, 3.63) is 29.8 Å². The van der Waals surface area contributed by atoms with Crippen LogP contribution in [0.15, 0.2) is 24.3 Å². The van der Waals surface area contributed by atoms with Crippen LogP contribution in [-0.2, 0) is 21.2 Å². The third-order valence-electron chi connectivity index (χ3n) is 4.06. The normalized spacial score (nSPS) is 19.7. The summed E-state index contributed by atoms with van der Waals surface area (Å²) < 4.78 is 28.7.